The molecule has 0 saturated carbocycles. The number of amides is 1. The van der Waals surface area contributed by atoms with Crippen LogP contribution in [0, 0.1) is 0 Å². The summed E-state index contributed by atoms with van der Waals surface area (Å²) in [7, 11) is 1.24. The zero-order valence-electron chi connectivity index (χ0n) is 27.6. The predicted molar refractivity (Wildman–Crippen MR) is 177 cm³/mol. The third-order valence-electron chi connectivity index (χ3n) is 6.52. The van der Waals surface area contributed by atoms with E-state index < -0.39 is 20.0 Å². The smallest absolute Gasteiger partial charge is 0.268 e. The monoisotopic (exact) mass is 624 g/mol. The number of hydrogen-bond donors (Lipinski definition) is 2. The number of rotatable bonds is 27. The first kappa shape index (κ1) is 41.2. The quantitative estimate of drug-likeness (QED) is 0.0444. The van der Waals surface area contributed by atoms with E-state index in [2.05, 4.69) is 79.9 Å². The highest BCUT2D eigenvalue weighted by Crippen LogP contribution is 2.38. The van der Waals surface area contributed by atoms with Crippen LogP contribution in [0.15, 0.2) is 60.8 Å². The summed E-state index contributed by atoms with van der Waals surface area (Å²) in [6.45, 7) is 4.38. The summed E-state index contributed by atoms with van der Waals surface area (Å²) in [5.74, 6) is -0.236. The number of carbonyl (C=O) groups excluding carboxylic acids is 1. The first-order chi connectivity index (χ1) is 20.5. The molecule has 0 aliphatic carbocycles. The van der Waals surface area contributed by atoms with Crippen molar-refractivity contribution in [3.05, 3.63) is 60.8 Å². The number of nitrogens with one attached hydrogen (secondary N) is 1. The molecule has 0 aliphatic rings. The fourth-order valence-corrected chi connectivity index (χ4v) is 4.62. The van der Waals surface area contributed by atoms with Crippen LogP contribution in [-0.4, -0.2) is 68.5 Å². The van der Waals surface area contributed by atoms with Gasteiger partial charge in [0.2, 0.25) is 5.91 Å². The second kappa shape index (κ2) is 26.6. The van der Waals surface area contributed by atoms with Gasteiger partial charge in [0.1, 0.15) is 13.2 Å². The molecular formula is C34H61N2O6P. The number of phosphoric ester groups is 1. The molecule has 0 aromatic rings. The van der Waals surface area contributed by atoms with Crippen LogP contribution >= 0.6 is 7.82 Å². The number of quaternary nitrogens is 1. The van der Waals surface area contributed by atoms with E-state index in [0.717, 1.165) is 64.2 Å². The number of aliphatic hydroxyl groups excluding tert-OH is 1. The maximum Gasteiger partial charge on any atom is 0.268 e. The third-order valence-corrected chi connectivity index (χ3v) is 7.48. The summed E-state index contributed by atoms with van der Waals surface area (Å²) in [6, 6.07) is -0.827. The molecule has 0 aliphatic heterocycles. The van der Waals surface area contributed by atoms with Crippen LogP contribution in [0.4, 0.5) is 0 Å². The van der Waals surface area contributed by atoms with Crippen molar-refractivity contribution < 1.29 is 32.9 Å². The molecule has 0 bridgehead atoms. The second-order valence-electron chi connectivity index (χ2n) is 11.8. The molecule has 8 nitrogen and oxygen atoms in total. The maximum absolute atomic E-state index is 12.6. The third kappa shape index (κ3) is 28.7. The SMILES string of the molecule is CC/C=C\C/C=C\C/C=C\C/C=C\C/C=C\CCCC(=O)NC(COP(=O)([O-])OCC[N+](C)(C)C)C(O)CCCCCC. The standard InChI is InChI=1S/C34H61N2O6P/c1-6-8-10-12-13-14-15-16-17-18-19-20-21-22-23-24-26-28-34(38)35-32(33(37)27-25-11-9-7-2)31-42-43(39,40)41-30-29-36(3,4)5/h8,10,13-14,16-17,19-20,22-23,32-33,37H,6-7,9,11-12,15,18,21,24-31H2,1-5H3,(H-,35,38,39,40)/b10-8-,14-13-,17-16-,20-19-,23-22-. The molecule has 3 atom stereocenters. The number of likely N-dealkylation sites (N-methyl/N-ethyl adjacent to an activating group) is 1. The number of nitrogens with zero attached hydrogens (tertiary/aromatic N) is 1. The van der Waals surface area contributed by atoms with Crippen molar-refractivity contribution in [1.82, 2.24) is 5.32 Å². The molecule has 9 heteroatoms. The number of aliphatic hydroxyl groups is 1. The Morgan fingerprint density at radius 3 is 1.93 bits per heavy atom. The summed E-state index contributed by atoms with van der Waals surface area (Å²) < 4.78 is 22.8. The fraction of sp³-hybridized carbons (Fsp3) is 0.676. The van der Waals surface area contributed by atoms with Gasteiger partial charge in [-0.25, -0.2) is 0 Å². The van der Waals surface area contributed by atoms with Crippen LogP contribution in [-0.2, 0) is 18.4 Å². The minimum atomic E-state index is -4.55. The average Bonchev–Trinajstić information content (AvgIpc) is 2.94. The summed E-state index contributed by atoms with van der Waals surface area (Å²) in [4.78, 5) is 24.8. The molecule has 3 unspecified atom stereocenters. The lowest BCUT2D eigenvalue weighted by molar-refractivity contribution is -0.870. The zero-order valence-corrected chi connectivity index (χ0v) is 28.5. The van der Waals surface area contributed by atoms with Gasteiger partial charge in [0, 0.05) is 6.42 Å². The van der Waals surface area contributed by atoms with Gasteiger partial charge in [0.05, 0.1) is 39.9 Å². The van der Waals surface area contributed by atoms with Gasteiger partial charge in [0.15, 0.2) is 0 Å². The van der Waals surface area contributed by atoms with Crippen molar-refractivity contribution in [1.29, 1.82) is 0 Å². The Labute approximate surface area is 262 Å². The highest BCUT2D eigenvalue weighted by atomic mass is 31.2. The summed E-state index contributed by atoms with van der Waals surface area (Å²) in [6.07, 6.45) is 31.4. The minimum absolute atomic E-state index is 0.00330. The van der Waals surface area contributed by atoms with Crippen molar-refractivity contribution in [2.75, 3.05) is 40.9 Å². The van der Waals surface area contributed by atoms with Crippen LogP contribution in [0.3, 0.4) is 0 Å². The Morgan fingerprint density at radius 2 is 1.40 bits per heavy atom. The van der Waals surface area contributed by atoms with Gasteiger partial charge in [-0.1, -0.05) is 100 Å². The Bertz CT molecular complexity index is 892. The van der Waals surface area contributed by atoms with Crippen molar-refractivity contribution in [2.24, 2.45) is 0 Å². The van der Waals surface area contributed by atoms with Gasteiger partial charge in [0.25, 0.3) is 7.82 Å². The number of carbonyl (C=O) groups is 1. The second-order valence-corrected chi connectivity index (χ2v) is 13.2. The van der Waals surface area contributed by atoms with Crippen LogP contribution in [0.2, 0.25) is 0 Å². The molecule has 1 amide bonds. The van der Waals surface area contributed by atoms with E-state index in [-0.39, 0.29) is 25.5 Å². The Hall–Kier alpha value is -1.80. The van der Waals surface area contributed by atoms with Crippen LogP contribution in [0.5, 0.6) is 0 Å². The van der Waals surface area contributed by atoms with E-state index in [0.29, 0.717) is 23.9 Å². The molecule has 0 saturated heterocycles. The fourth-order valence-electron chi connectivity index (χ4n) is 3.89. The van der Waals surface area contributed by atoms with Crippen LogP contribution < -0.4 is 10.2 Å². The predicted octanol–water partition coefficient (Wildman–Crippen LogP) is 6.93. The number of unbranched alkanes of at least 4 members (excludes halogenated alkanes) is 4. The van der Waals surface area contributed by atoms with Gasteiger partial charge in [-0.15, -0.1) is 0 Å². The first-order valence-corrected chi connectivity index (χ1v) is 17.6. The molecule has 0 fully saturated rings. The average molecular weight is 625 g/mol. The number of phosphoric acid groups is 1. The van der Waals surface area contributed by atoms with Gasteiger partial charge in [-0.2, -0.15) is 0 Å². The molecule has 0 spiro atoms. The molecule has 2 N–H and O–H groups in total. The van der Waals surface area contributed by atoms with Crippen molar-refractivity contribution >= 4 is 13.7 Å². The number of allylic oxidation sites excluding steroid dienone is 10. The summed E-state index contributed by atoms with van der Waals surface area (Å²) in [5, 5.41) is 13.5. The van der Waals surface area contributed by atoms with Crippen LogP contribution in [0.25, 0.3) is 0 Å². The molecule has 0 radical (unpaired) electrons. The van der Waals surface area contributed by atoms with Crippen molar-refractivity contribution in [3.8, 4) is 0 Å². The molecule has 0 aromatic heterocycles. The molecular weight excluding hydrogens is 563 g/mol. The van der Waals surface area contributed by atoms with Crippen molar-refractivity contribution in [3.63, 3.8) is 0 Å². The minimum Gasteiger partial charge on any atom is -0.756 e. The Morgan fingerprint density at radius 1 is 0.837 bits per heavy atom. The zero-order chi connectivity index (χ0) is 32.2. The Balaban J connectivity index is 4.46. The first-order valence-electron chi connectivity index (χ1n) is 16.1. The van der Waals surface area contributed by atoms with E-state index in [1.165, 1.54) is 0 Å². The van der Waals surface area contributed by atoms with E-state index >= 15 is 0 Å². The number of hydrogen-bond acceptors (Lipinski definition) is 6. The van der Waals surface area contributed by atoms with Gasteiger partial charge in [-0.3, -0.25) is 9.36 Å². The summed E-state index contributed by atoms with van der Waals surface area (Å²) >= 11 is 0. The van der Waals surface area contributed by atoms with E-state index in [1.54, 1.807) is 0 Å². The Kier molecular flexibility index (Phi) is 25.5. The van der Waals surface area contributed by atoms with E-state index in [4.69, 9.17) is 9.05 Å². The van der Waals surface area contributed by atoms with Gasteiger partial charge < -0.3 is 28.8 Å². The van der Waals surface area contributed by atoms with E-state index in [1.807, 2.05) is 21.1 Å². The lowest BCUT2D eigenvalue weighted by Gasteiger charge is -2.30. The highest BCUT2D eigenvalue weighted by molar-refractivity contribution is 7.45. The van der Waals surface area contributed by atoms with Crippen LogP contribution in [0.1, 0.15) is 97.3 Å². The molecule has 0 aromatic carbocycles. The van der Waals surface area contributed by atoms with Gasteiger partial charge in [-0.05, 0) is 51.4 Å². The van der Waals surface area contributed by atoms with Gasteiger partial charge >= 0.3 is 0 Å². The molecule has 248 valence electrons. The molecule has 43 heavy (non-hydrogen) atoms. The lowest BCUT2D eigenvalue weighted by Crippen LogP contribution is -2.46. The lowest BCUT2D eigenvalue weighted by atomic mass is 10.0. The normalized spacial score (nSPS) is 15.8. The van der Waals surface area contributed by atoms with Crippen molar-refractivity contribution in [2.45, 2.75) is 109 Å². The molecule has 0 heterocycles. The molecule has 0 rings (SSSR count). The van der Waals surface area contributed by atoms with E-state index in [9.17, 15) is 19.4 Å². The highest BCUT2D eigenvalue weighted by Gasteiger charge is 2.24. The largest absolute Gasteiger partial charge is 0.756 e. The maximum atomic E-state index is 12.6. The summed E-state index contributed by atoms with van der Waals surface area (Å²) in [5.41, 5.74) is 0. The topological polar surface area (TPSA) is 108 Å².